The van der Waals surface area contributed by atoms with Crippen molar-refractivity contribution in [3.05, 3.63) is 53.6 Å². The van der Waals surface area contributed by atoms with Crippen LogP contribution in [0.3, 0.4) is 0 Å². The first-order valence-electron chi connectivity index (χ1n) is 5.76. The number of benzene rings is 2. The summed E-state index contributed by atoms with van der Waals surface area (Å²) in [6.07, 6.45) is 0. The van der Waals surface area contributed by atoms with Gasteiger partial charge in [-0.3, -0.25) is 0 Å². The topological polar surface area (TPSA) is 30.9 Å². The average Bonchev–Trinajstić information content (AvgIpc) is 2.66. The SMILES string of the molecule is Cn1c(-c2cccc(Cl)c2)cc2cc(N)ccc21. The van der Waals surface area contributed by atoms with E-state index in [2.05, 4.69) is 23.7 Å². The zero-order chi connectivity index (χ0) is 12.7. The Balaban J connectivity index is 2.27. The maximum absolute atomic E-state index is 6.04. The van der Waals surface area contributed by atoms with Crippen molar-refractivity contribution >= 4 is 28.2 Å². The molecule has 0 fully saturated rings. The number of nitrogen functional groups attached to an aromatic ring is 1. The van der Waals surface area contributed by atoms with Gasteiger partial charge in [0.05, 0.1) is 0 Å². The molecule has 3 aromatic rings. The Morgan fingerprint density at radius 3 is 2.67 bits per heavy atom. The fourth-order valence-corrected chi connectivity index (χ4v) is 2.48. The zero-order valence-corrected chi connectivity index (χ0v) is 10.8. The van der Waals surface area contributed by atoms with Gasteiger partial charge in [0.25, 0.3) is 0 Å². The average molecular weight is 257 g/mol. The van der Waals surface area contributed by atoms with E-state index in [4.69, 9.17) is 17.3 Å². The summed E-state index contributed by atoms with van der Waals surface area (Å²) < 4.78 is 2.15. The Hall–Kier alpha value is -1.93. The van der Waals surface area contributed by atoms with E-state index in [0.29, 0.717) is 0 Å². The van der Waals surface area contributed by atoms with Gasteiger partial charge in [-0.2, -0.15) is 0 Å². The molecule has 90 valence electrons. The Bertz CT molecular complexity index is 728. The molecule has 3 rings (SSSR count). The van der Waals surface area contributed by atoms with E-state index in [1.807, 2.05) is 36.4 Å². The van der Waals surface area contributed by atoms with Gasteiger partial charge in [0.2, 0.25) is 0 Å². The predicted octanol–water partition coefficient (Wildman–Crippen LogP) is 4.08. The first-order chi connectivity index (χ1) is 8.65. The molecule has 0 saturated heterocycles. The number of nitrogens with zero attached hydrogens (tertiary/aromatic N) is 1. The van der Waals surface area contributed by atoms with Crippen LogP contribution in [0, 0.1) is 0 Å². The van der Waals surface area contributed by atoms with Gasteiger partial charge < -0.3 is 10.3 Å². The van der Waals surface area contributed by atoms with Gasteiger partial charge in [0.1, 0.15) is 0 Å². The van der Waals surface area contributed by atoms with Crippen LogP contribution in [0.4, 0.5) is 5.69 Å². The van der Waals surface area contributed by atoms with Gasteiger partial charge in [-0.25, -0.2) is 0 Å². The molecule has 0 aliphatic heterocycles. The molecule has 3 heteroatoms. The molecule has 0 aliphatic rings. The molecule has 2 N–H and O–H groups in total. The van der Waals surface area contributed by atoms with Crippen LogP contribution in [0.2, 0.25) is 5.02 Å². The van der Waals surface area contributed by atoms with Crippen LogP contribution in [0.15, 0.2) is 48.5 Å². The molecule has 0 radical (unpaired) electrons. The minimum absolute atomic E-state index is 0.747. The van der Waals surface area contributed by atoms with Crippen molar-refractivity contribution in [1.82, 2.24) is 4.57 Å². The number of anilines is 1. The van der Waals surface area contributed by atoms with Crippen molar-refractivity contribution in [2.45, 2.75) is 0 Å². The van der Waals surface area contributed by atoms with Gasteiger partial charge >= 0.3 is 0 Å². The van der Waals surface area contributed by atoms with Crippen LogP contribution in [-0.2, 0) is 7.05 Å². The lowest BCUT2D eigenvalue weighted by atomic mass is 10.1. The Kier molecular flexibility index (Phi) is 2.53. The van der Waals surface area contributed by atoms with Crippen molar-refractivity contribution in [3.63, 3.8) is 0 Å². The second kappa shape index (κ2) is 4.07. The molecule has 0 aliphatic carbocycles. The number of rotatable bonds is 1. The summed E-state index contributed by atoms with van der Waals surface area (Å²) in [4.78, 5) is 0. The highest BCUT2D eigenvalue weighted by Gasteiger charge is 2.08. The van der Waals surface area contributed by atoms with Crippen molar-refractivity contribution in [2.75, 3.05) is 5.73 Å². The highest BCUT2D eigenvalue weighted by Crippen LogP contribution is 2.29. The molecule has 0 unspecified atom stereocenters. The van der Waals surface area contributed by atoms with Gasteiger partial charge in [0, 0.05) is 34.4 Å². The molecule has 1 aromatic heterocycles. The summed E-state index contributed by atoms with van der Waals surface area (Å²) >= 11 is 6.04. The maximum atomic E-state index is 6.04. The number of fused-ring (bicyclic) bond motifs is 1. The standard InChI is InChI=1S/C15H13ClN2/c1-18-14-6-5-13(17)8-11(14)9-15(18)10-3-2-4-12(16)7-10/h2-9H,17H2,1H3. The fraction of sp³-hybridized carbons (Fsp3) is 0.0667. The van der Waals surface area contributed by atoms with E-state index >= 15 is 0 Å². The van der Waals surface area contributed by atoms with Crippen molar-refractivity contribution in [2.24, 2.45) is 7.05 Å². The van der Waals surface area contributed by atoms with Gasteiger partial charge in [-0.1, -0.05) is 23.7 Å². The number of hydrogen-bond acceptors (Lipinski definition) is 1. The molecular weight excluding hydrogens is 244 g/mol. The number of nitrogens with two attached hydrogens (primary N) is 1. The first-order valence-corrected chi connectivity index (χ1v) is 6.14. The summed E-state index contributed by atoms with van der Waals surface area (Å²) in [5, 5.41) is 1.89. The lowest BCUT2D eigenvalue weighted by Gasteiger charge is -2.04. The molecule has 0 atom stereocenters. The quantitative estimate of drug-likeness (QED) is 0.654. The van der Waals surface area contributed by atoms with E-state index in [1.165, 1.54) is 5.52 Å². The summed E-state index contributed by atoms with van der Waals surface area (Å²) in [6, 6.07) is 16.0. The minimum Gasteiger partial charge on any atom is -0.399 e. The molecule has 0 spiro atoms. The predicted molar refractivity (Wildman–Crippen MR) is 77.8 cm³/mol. The number of halogens is 1. The molecule has 18 heavy (non-hydrogen) atoms. The summed E-state index contributed by atoms with van der Waals surface area (Å²) in [5.74, 6) is 0. The van der Waals surface area contributed by atoms with Crippen LogP contribution in [0.5, 0.6) is 0 Å². The third-order valence-electron chi connectivity index (χ3n) is 3.19. The van der Waals surface area contributed by atoms with Crippen LogP contribution in [-0.4, -0.2) is 4.57 Å². The van der Waals surface area contributed by atoms with Gasteiger partial charge in [-0.15, -0.1) is 0 Å². The highest BCUT2D eigenvalue weighted by atomic mass is 35.5. The molecule has 0 saturated carbocycles. The number of hydrogen-bond donors (Lipinski definition) is 1. The van der Waals surface area contributed by atoms with E-state index in [0.717, 1.165) is 27.4 Å². The van der Waals surface area contributed by atoms with E-state index in [1.54, 1.807) is 0 Å². The molecule has 2 nitrogen and oxygen atoms in total. The lowest BCUT2D eigenvalue weighted by Crippen LogP contribution is -1.91. The second-order valence-electron chi connectivity index (χ2n) is 4.42. The van der Waals surface area contributed by atoms with Crippen molar-refractivity contribution in [3.8, 4) is 11.3 Å². The van der Waals surface area contributed by atoms with Crippen LogP contribution in [0.1, 0.15) is 0 Å². The van der Waals surface area contributed by atoms with Crippen LogP contribution in [0.25, 0.3) is 22.2 Å². The Morgan fingerprint density at radius 2 is 1.89 bits per heavy atom. The molecule has 0 bridgehead atoms. The number of aromatic nitrogens is 1. The van der Waals surface area contributed by atoms with Gasteiger partial charge in [-0.05, 0) is 42.0 Å². The molecular formula is C15H13ClN2. The maximum Gasteiger partial charge on any atom is 0.0489 e. The summed E-state index contributed by atoms with van der Waals surface area (Å²) in [6.45, 7) is 0. The Morgan fingerprint density at radius 1 is 1.06 bits per heavy atom. The van der Waals surface area contributed by atoms with E-state index < -0.39 is 0 Å². The fourth-order valence-electron chi connectivity index (χ4n) is 2.29. The molecule has 0 amide bonds. The summed E-state index contributed by atoms with van der Waals surface area (Å²) in [7, 11) is 2.05. The summed E-state index contributed by atoms with van der Waals surface area (Å²) in [5.41, 5.74) is 10.0. The third kappa shape index (κ3) is 1.75. The van der Waals surface area contributed by atoms with Crippen LogP contribution >= 0.6 is 11.6 Å². The molecule has 1 heterocycles. The second-order valence-corrected chi connectivity index (χ2v) is 4.85. The highest BCUT2D eigenvalue weighted by molar-refractivity contribution is 6.30. The molecule has 2 aromatic carbocycles. The van der Waals surface area contributed by atoms with Crippen molar-refractivity contribution in [1.29, 1.82) is 0 Å². The van der Waals surface area contributed by atoms with E-state index in [9.17, 15) is 0 Å². The zero-order valence-electron chi connectivity index (χ0n) is 10.0. The Labute approximate surface area is 111 Å². The van der Waals surface area contributed by atoms with E-state index in [-0.39, 0.29) is 0 Å². The smallest absolute Gasteiger partial charge is 0.0489 e. The monoisotopic (exact) mass is 256 g/mol. The largest absolute Gasteiger partial charge is 0.399 e. The van der Waals surface area contributed by atoms with Crippen LogP contribution < -0.4 is 5.73 Å². The third-order valence-corrected chi connectivity index (χ3v) is 3.42. The normalized spacial score (nSPS) is 11.0. The number of aryl methyl sites for hydroxylation is 1. The first kappa shape index (κ1) is 11.2. The van der Waals surface area contributed by atoms with Crippen molar-refractivity contribution < 1.29 is 0 Å². The lowest BCUT2D eigenvalue weighted by molar-refractivity contribution is 0.978. The van der Waals surface area contributed by atoms with Gasteiger partial charge in [0.15, 0.2) is 0 Å². The minimum atomic E-state index is 0.747.